The lowest BCUT2D eigenvalue weighted by molar-refractivity contribution is 0.421. The molecule has 0 aliphatic heterocycles. The Bertz CT molecular complexity index is 943. The van der Waals surface area contributed by atoms with Gasteiger partial charge in [-0.1, -0.05) is 60.7 Å². The van der Waals surface area contributed by atoms with Gasteiger partial charge in [-0.3, -0.25) is 0 Å². The molecule has 4 aromatic rings. The lowest BCUT2D eigenvalue weighted by Gasteiger charge is -2.07. The number of nitrogens with zero attached hydrogens (tertiary/aromatic N) is 2. The van der Waals surface area contributed by atoms with Crippen molar-refractivity contribution in [1.29, 1.82) is 0 Å². The third kappa shape index (κ3) is 2.18. The maximum atomic E-state index is 5.75. The molecule has 2 aromatic heterocycles. The summed E-state index contributed by atoms with van der Waals surface area (Å²) in [6.45, 7) is 0. The molecule has 0 aliphatic rings. The summed E-state index contributed by atoms with van der Waals surface area (Å²) >= 11 is 0. The summed E-state index contributed by atoms with van der Waals surface area (Å²) in [5, 5.41) is 4.55. The fourth-order valence-electron chi connectivity index (χ4n) is 3.01. The van der Waals surface area contributed by atoms with E-state index in [1.165, 1.54) is 0 Å². The molecule has 3 nitrogen and oxygen atoms in total. The van der Waals surface area contributed by atoms with Crippen molar-refractivity contribution in [2.75, 3.05) is 7.11 Å². The Hall–Kier alpha value is -3.07. The molecule has 0 N–H and O–H groups in total. The molecule has 0 atom stereocenters. The number of rotatable bonds is 3. The summed E-state index contributed by atoms with van der Waals surface area (Å²) in [6, 6.07) is 24.6. The molecule has 0 saturated heterocycles. The zero-order valence-corrected chi connectivity index (χ0v) is 12.8. The Labute approximate surface area is 134 Å². The molecule has 0 bridgehead atoms. The van der Waals surface area contributed by atoms with E-state index in [0.717, 1.165) is 33.7 Å². The summed E-state index contributed by atoms with van der Waals surface area (Å²) < 4.78 is 7.71. The van der Waals surface area contributed by atoms with Crippen LogP contribution in [0.1, 0.15) is 0 Å². The molecule has 23 heavy (non-hydrogen) atoms. The standard InChI is InChI=1S/C20H16N2O/c1-23-20-17-13-8-14-21-22(17)19(16-11-6-3-7-12-16)18(20)15-9-4-2-5-10-15/h2-14H,1H3. The molecule has 2 aromatic carbocycles. The number of methoxy groups -OCH3 is 1. The van der Waals surface area contributed by atoms with Gasteiger partial charge >= 0.3 is 0 Å². The lowest BCUT2D eigenvalue weighted by Crippen LogP contribution is -1.93. The van der Waals surface area contributed by atoms with Gasteiger partial charge in [0.15, 0.2) is 5.75 Å². The first kappa shape index (κ1) is 13.6. The minimum atomic E-state index is 0.850. The second kappa shape index (κ2) is 5.61. The largest absolute Gasteiger partial charge is 0.494 e. The van der Waals surface area contributed by atoms with E-state index < -0.39 is 0 Å². The van der Waals surface area contributed by atoms with E-state index in [0.29, 0.717) is 0 Å². The normalized spacial score (nSPS) is 10.8. The number of aromatic nitrogens is 2. The lowest BCUT2D eigenvalue weighted by atomic mass is 10.0. The fourth-order valence-corrected chi connectivity index (χ4v) is 3.01. The van der Waals surface area contributed by atoms with E-state index >= 15 is 0 Å². The molecule has 2 heterocycles. The van der Waals surface area contributed by atoms with Crippen molar-refractivity contribution in [1.82, 2.24) is 9.61 Å². The minimum absolute atomic E-state index is 0.850. The van der Waals surface area contributed by atoms with Gasteiger partial charge in [-0.15, -0.1) is 0 Å². The first-order valence-corrected chi connectivity index (χ1v) is 7.54. The zero-order chi connectivity index (χ0) is 15.6. The van der Waals surface area contributed by atoms with Crippen LogP contribution in [-0.4, -0.2) is 16.7 Å². The fraction of sp³-hybridized carbons (Fsp3) is 0.0500. The third-order valence-corrected chi connectivity index (χ3v) is 3.97. The molecule has 112 valence electrons. The van der Waals surface area contributed by atoms with Gasteiger partial charge in [-0.25, -0.2) is 4.52 Å². The first-order valence-electron chi connectivity index (χ1n) is 7.54. The average Bonchev–Trinajstić information content (AvgIpc) is 2.97. The summed E-state index contributed by atoms with van der Waals surface area (Å²) in [7, 11) is 1.71. The number of fused-ring (bicyclic) bond motifs is 1. The highest BCUT2D eigenvalue weighted by molar-refractivity contribution is 5.93. The van der Waals surface area contributed by atoms with E-state index in [9.17, 15) is 0 Å². The molecular weight excluding hydrogens is 284 g/mol. The number of hydrogen-bond acceptors (Lipinski definition) is 2. The minimum Gasteiger partial charge on any atom is -0.494 e. The topological polar surface area (TPSA) is 26.5 Å². The number of benzene rings is 2. The molecule has 0 aliphatic carbocycles. The van der Waals surface area contributed by atoms with E-state index in [4.69, 9.17) is 4.74 Å². The summed E-state index contributed by atoms with van der Waals surface area (Å²) in [5.74, 6) is 0.850. The van der Waals surface area contributed by atoms with Crippen LogP contribution in [0, 0.1) is 0 Å². The number of hydrogen-bond donors (Lipinski definition) is 0. The average molecular weight is 300 g/mol. The van der Waals surface area contributed by atoms with Crippen LogP contribution in [0.25, 0.3) is 27.9 Å². The Balaban J connectivity index is 2.15. The van der Waals surface area contributed by atoms with Gasteiger partial charge in [0.2, 0.25) is 0 Å². The Morgan fingerprint density at radius 1 is 0.783 bits per heavy atom. The van der Waals surface area contributed by atoms with Gasteiger partial charge in [-0.2, -0.15) is 5.10 Å². The van der Waals surface area contributed by atoms with Gasteiger partial charge in [0.25, 0.3) is 0 Å². The van der Waals surface area contributed by atoms with Crippen molar-refractivity contribution in [2.24, 2.45) is 0 Å². The highest BCUT2D eigenvalue weighted by Crippen LogP contribution is 2.43. The van der Waals surface area contributed by atoms with Gasteiger partial charge < -0.3 is 4.74 Å². The molecule has 0 spiro atoms. The van der Waals surface area contributed by atoms with Crippen molar-refractivity contribution < 1.29 is 4.74 Å². The van der Waals surface area contributed by atoms with Crippen LogP contribution < -0.4 is 4.74 Å². The van der Waals surface area contributed by atoms with E-state index in [2.05, 4.69) is 29.4 Å². The second-order valence-corrected chi connectivity index (χ2v) is 5.31. The summed E-state index contributed by atoms with van der Waals surface area (Å²) in [4.78, 5) is 0. The predicted molar refractivity (Wildman–Crippen MR) is 92.6 cm³/mol. The van der Waals surface area contributed by atoms with Crippen molar-refractivity contribution in [3.63, 3.8) is 0 Å². The highest BCUT2D eigenvalue weighted by Gasteiger charge is 2.22. The first-order chi connectivity index (χ1) is 11.4. The van der Waals surface area contributed by atoms with Crippen molar-refractivity contribution >= 4 is 5.52 Å². The zero-order valence-electron chi connectivity index (χ0n) is 12.8. The van der Waals surface area contributed by atoms with Crippen molar-refractivity contribution in [2.45, 2.75) is 0 Å². The van der Waals surface area contributed by atoms with E-state index in [-0.39, 0.29) is 0 Å². The van der Waals surface area contributed by atoms with Gasteiger partial charge in [-0.05, 0) is 17.7 Å². The highest BCUT2D eigenvalue weighted by atomic mass is 16.5. The Kier molecular flexibility index (Phi) is 3.31. The summed E-state index contributed by atoms with van der Waals surface area (Å²) in [6.07, 6.45) is 1.80. The molecule has 0 saturated carbocycles. The predicted octanol–water partition coefficient (Wildman–Crippen LogP) is 4.68. The molecule has 0 unspecified atom stereocenters. The molecule has 3 heteroatoms. The maximum Gasteiger partial charge on any atom is 0.154 e. The van der Waals surface area contributed by atoms with Crippen LogP contribution in [-0.2, 0) is 0 Å². The van der Waals surface area contributed by atoms with Gasteiger partial charge in [0.1, 0.15) is 5.52 Å². The quantitative estimate of drug-likeness (QED) is 0.549. The Morgan fingerprint density at radius 2 is 1.43 bits per heavy atom. The van der Waals surface area contributed by atoms with Crippen LogP contribution in [0.3, 0.4) is 0 Å². The molecule has 0 fully saturated rings. The van der Waals surface area contributed by atoms with Gasteiger partial charge in [0.05, 0.1) is 18.4 Å². The molecular formula is C20H16N2O. The monoisotopic (exact) mass is 300 g/mol. The molecule has 0 amide bonds. The third-order valence-electron chi connectivity index (χ3n) is 3.97. The summed E-state index contributed by atoms with van der Waals surface area (Å²) in [5.41, 5.74) is 5.31. The molecule has 0 radical (unpaired) electrons. The maximum absolute atomic E-state index is 5.75. The van der Waals surface area contributed by atoms with E-state index in [1.807, 2.05) is 53.0 Å². The van der Waals surface area contributed by atoms with Crippen LogP contribution >= 0.6 is 0 Å². The van der Waals surface area contributed by atoms with Crippen LogP contribution in [0.15, 0.2) is 79.0 Å². The van der Waals surface area contributed by atoms with Crippen LogP contribution in [0.5, 0.6) is 5.75 Å². The Morgan fingerprint density at radius 3 is 2.09 bits per heavy atom. The van der Waals surface area contributed by atoms with Crippen LogP contribution in [0.2, 0.25) is 0 Å². The molecule has 4 rings (SSSR count). The van der Waals surface area contributed by atoms with Crippen molar-refractivity contribution in [3.8, 4) is 28.1 Å². The van der Waals surface area contributed by atoms with Gasteiger partial charge in [0, 0.05) is 11.8 Å². The second-order valence-electron chi connectivity index (χ2n) is 5.31. The SMILES string of the molecule is COc1c(-c2ccccc2)c(-c2ccccc2)n2ncccc12. The smallest absolute Gasteiger partial charge is 0.154 e. The van der Waals surface area contributed by atoms with Crippen LogP contribution in [0.4, 0.5) is 0 Å². The number of ether oxygens (including phenoxy) is 1. The van der Waals surface area contributed by atoms with E-state index in [1.54, 1.807) is 13.3 Å². The van der Waals surface area contributed by atoms with Crippen molar-refractivity contribution in [3.05, 3.63) is 79.0 Å².